The van der Waals surface area contributed by atoms with Gasteiger partial charge in [0.05, 0.1) is 52.9 Å². The average Bonchev–Trinajstić information content (AvgIpc) is 2.47. The van der Waals surface area contributed by atoms with E-state index in [0.29, 0.717) is 52.9 Å². The van der Waals surface area contributed by atoms with Gasteiger partial charge in [-0.15, -0.1) is 6.58 Å². The smallest absolute Gasteiger partial charge is 0.330 e. The summed E-state index contributed by atoms with van der Waals surface area (Å²) in [7, 11) is 0. The number of hydrogen-bond acceptors (Lipinski definition) is 6. The maximum Gasteiger partial charge on any atom is 0.330 e. The largest absolute Gasteiger partial charge is 0.460 e. The zero-order valence-corrected chi connectivity index (χ0v) is 11.9. The van der Waals surface area contributed by atoms with Crippen LogP contribution in [0.25, 0.3) is 0 Å². The molecule has 0 aliphatic rings. The molecule has 0 aliphatic carbocycles. The molecule has 0 heterocycles. The molecule has 0 aliphatic heterocycles. The van der Waals surface area contributed by atoms with Crippen molar-refractivity contribution in [3.05, 3.63) is 25.3 Å². The zero-order valence-electron chi connectivity index (χ0n) is 11.9. The zero-order chi connectivity index (χ0) is 14.9. The first kappa shape index (κ1) is 18.8. The Labute approximate surface area is 120 Å². The van der Waals surface area contributed by atoms with E-state index in [0.717, 1.165) is 6.08 Å². The summed E-state index contributed by atoms with van der Waals surface area (Å²) >= 11 is 0. The van der Waals surface area contributed by atoms with Crippen LogP contribution in [-0.4, -0.2) is 65.4 Å². The monoisotopic (exact) mass is 288 g/mol. The van der Waals surface area contributed by atoms with Crippen LogP contribution in [0.15, 0.2) is 25.3 Å². The molecule has 0 saturated heterocycles. The lowest BCUT2D eigenvalue weighted by molar-refractivity contribution is -0.139. The summed E-state index contributed by atoms with van der Waals surface area (Å²) in [4.78, 5) is 10.7. The third-order valence-corrected chi connectivity index (χ3v) is 1.99. The molecule has 0 N–H and O–H groups in total. The Morgan fingerprint density at radius 2 is 1.20 bits per heavy atom. The van der Waals surface area contributed by atoms with E-state index in [-0.39, 0.29) is 6.61 Å². The van der Waals surface area contributed by atoms with E-state index in [1.54, 1.807) is 6.08 Å². The SMILES string of the molecule is C=CCOCCOCCOCCOCCOC(=O)C=C. The summed E-state index contributed by atoms with van der Waals surface area (Å²) < 4.78 is 25.6. The molecule has 0 aromatic rings. The van der Waals surface area contributed by atoms with Gasteiger partial charge >= 0.3 is 5.97 Å². The minimum absolute atomic E-state index is 0.221. The first-order valence-electron chi connectivity index (χ1n) is 6.52. The van der Waals surface area contributed by atoms with Crippen LogP contribution in [0.2, 0.25) is 0 Å². The summed E-state index contributed by atoms with van der Waals surface area (Å²) in [5.74, 6) is -0.445. The highest BCUT2D eigenvalue weighted by atomic mass is 16.6. The van der Waals surface area contributed by atoms with Crippen LogP contribution in [0.4, 0.5) is 0 Å². The van der Waals surface area contributed by atoms with Gasteiger partial charge in [-0.3, -0.25) is 0 Å². The predicted molar refractivity (Wildman–Crippen MR) is 74.6 cm³/mol. The Bertz CT molecular complexity index is 254. The minimum Gasteiger partial charge on any atom is -0.460 e. The molecule has 0 radical (unpaired) electrons. The summed E-state index contributed by atoms with van der Waals surface area (Å²) in [6.07, 6.45) is 2.81. The van der Waals surface area contributed by atoms with Gasteiger partial charge in [-0.2, -0.15) is 0 Å². The highest BCUT2D eigenvalue weighted by Gasteiger charge is 1.95. The van der Waals surface area contributed by atoms with E-state index in [1.165, 1.54) is 0 Å². The van der Waals surface area contributed by atoms with Gasteiger partial charge in [0.2, 0.25) is 0 Å². The fraction of sp³-hybridized carbons (Fsp3) is 0.643. The number of hydrogen-bond donors (Lipinski definition) is 0. The maximum atomic E-state index is 10.7. The average molecular weight is 288 g/mol. The van der Waals surface area contributed by atoms with E-state index in [2.05, 4.69) is 13.2 Å². The maximum absolute atomic E-state index is 10.7. The molecule has 20 heavy (non-hydrogen) atoms. The van der Waals surface area contributed by atoms with Crippen LogP contribution in [0, 0.1) is 0 Å². The lowest BCUT2D eigenvalue weighted by Crippen LogP contribution is -2.14. The second kappa shape index (κ2) is 15.8. The minimum atomic E-state index is -0.445. The van der Waals surface area contributed by atoms with Crippen molar-refractivity contribution in [2.24, 2.45) is 0 Å². The molecule has 6 nitrogen and oxygen atoms in total. The molecule has 0 amide bonds. The normalized spacial score (nSPS) is 10.2. The molecular formula is C14H24O6. The molecular weight excluding hydrogens is 264 g/mol. The lowest BCUT2D eigenvalue weighted by atomic mass is 10.6. The van der Waals surface area contributed by atoms with Crippen LogP contribution in [0.5, 0.6) is 0 Å². The molecule has 0 rings (SSSR count). The van der Waals surface area contributed by atoms with Gasteiger partial charge in [0.15, 0.2) is 0 Å². The van der Waals surface area contributed by atoms with Gasteiger partial charge in [-0.05, 0) is 0 Å². The molecule has 0 saturated carbocycles. The number of rotatable bonds is 15. The highest BCUT2D eigenvalue weighted by molar-refractivity contribution is 5.81. The van der Waals surface area contributed by atoms with Crippen molar-refractivity contribution in [1.29, 1.82) is 0 Å². The van der Waals surface area contributed by atoms with Crippen molar-refractivity contribution in [2.45, 2.75) is 0 Å². The van der Waals surface area contributed by atoms with Gasteiger partial charge in [0, 0.05) is 6.08 Å². The fourth-order valence-corrected chi connectivity index (χ4v) is 1.09. The van der Waals surface area contributed by atoms with Crippen LogP contribution >= 0.6 is 0 Å². The fourth-order valence-electron chi connectivity index (χ4n) is 1.09. The molecule has 6 heteroatoms. The molecule has 0 aromatic heterocycles. The quantitative estimate of drug-likeness (QED) is 0.194. The van der Waals surface area contributed by atoms with Crippen LogP contribution < -0.4 is 0 Å². The van der Waals surface area contributed by atoms with E-state index in [4.69, 9.17) is 23.7 Å². The van der Waals surface area contributed by atoms with Gasteiger partial charge < -0.3 is 23.7 Å². The van der Waals surface area contributed by atoms with Crippen molar-refractivity contribution in [3.8, 4) is 0 Å². The van der Waals surface area contributed by atoms with Crippen LogP contribution in [0.1, 0.15) is 0 Å². The van der Waals surface area contributed by atoms with E-state index in [9.17, 15) is 4.79 Å². The topological polar surface area (TPSA) is 63.2 Å². The molecule has 0 bridgehead atoms. The summed E-state index contributed by atoms with van der Waals surface area (Å²) in [6.45, 7) is 11.0. The van der Waals surface area contributed by atoms with Gasteiger partial charge in [0.25, 0.3) is 0 Å². The lowest BCUT2D eigenvalue weighted by Gasteiger charge is -2.07. The van der Waals surface area contributed by atoms with E-state index >= 15 is 0 Å². The Kier molecular flexibility index (Phi) is 14.9. The molecule has 116 valence electrons. The third kappa shape index (κ3) is 14.8. The van der Waals surface area contributed by atoms with Crippen LogP contribution in [-0.2, 0) is 28.5 Å². The van der Waals surface area contributed by atoms with Crippen molar-refractivity contribution in [3.63, 3.8) is 0 Å². The van der Waals surface area contributed by atoms with Crippen molar-refractivity contribution in [2.75, 3.05) is 59.5 Å². The highest BCUT2D eigenvalue weighted by Crippen LogP contribution is 1.84. The van der Waals surface area contributed by atoms with Crippen molar-refractivity contribution < 1.29 is 28.5 Å². The Hall–Kier alpha value is -1.21. The van der Waals surface area contributed by atoms with Crippen molar-refractivity contribution in [1.82, 2.24) is 0 Å². The molecule has 0 unspecified atom stereocenters. The first-order valence-corrected chi connectivity index (χ1v) is 6.52. The predicted octanol–water partition coefficient (Wildman–Crippen LogP) is 0.968. The van der Waals surface area contributed by atoms with Gasteiger partial charge in [-0.1, -0.05) is 12.7 Å². The molecule has 0 spiro atoms. The third-order valence-electron chi connectivity index (χ3n) is 1.99. The second-order valence-corrected chi connectivity index (χ2v) is 3.57. The van der Waals surface area contributed by atoms with Crippen LogP contribution in [0.3, 0.4) is 0 Å². The molecule has 0 atom stereocenters. The van der Waals surface area contributed by atoms with E-state index in [1.807, 2.05) is 0 Å². The second-order valence-electron chi connectivity index (χ2n) is 3.57. The molecule has 0 aromatic carbocycles. The summed E-state index contributed by atoms with van der Waals surface area (Å²) in [6, 6.07) is 0. The Morgan fingerprint density at radius 1 is 0.750 bits per heavy atom. The van der Waals surface area contributed by atoms with Gasteiger partial charge in [0.1, 0.15) is 6.61 Å². The summed E-state index contributed by atoms with van der Waals surface area (Å²) in [5, 5.41) is 0. The Balaban J connectivity index is 3.00. The summed E-state index contributed by atoms with van der Waals surface area (Å²) in [5.41, 5.74) is 0. The number of carbonyl (C=O) groups is 1. The number of esters is 1. The van der Waals surface area contributed by atoms with Crippen molar-refractivity contribution >= 4 is 5.97 Å². The first-order chi connectivity index (χ1) is 9.81. The number of ether oxygens (including phenoxy) is 5. The Morgan fingerprint density at radius 3 is 1.65 bits per heavy atom. The van der Waals surface area contributed by atoms with E-state index < -0.39 is 5.97 Å². The van der Waals surface area contributed by atoms with Gasteiger partial charge in [-0.25, -0.2) is 4.79 Å². The molecule has 0 fully saturated rings. The number of carbonyl (C=O) groups excluding carboxylic acids is 1. The standard InChI is InChI=1S/C14H24O6/c1-3-5-16-6-7-17-8-9-18-10-11-19-12-13-20-14(15)4-2/h3-4H,1-2,5-13H2.